The molecule has 1 aromatic heterocycles. The van der Waals surface area contributed by atoms with Crippen LogP contribution in [0.25, 0.3) is 0 Å². The van der Waals surface area contributed by atoms with E-state index in [9.17, 15) is 4.79 Å². The molecule has 1 amide bonds. The maximum absolute atomic E-state index is 12.2. The molecule has 24 heavy (non-hydrogen) atoms. The topological polar surface area (TPSA) is 59.4 Å². The molecule has 0 spiro atoms. The number of carbonyl (C=O) groups excluding carboxylic acids is 1. The van der Waals surface area contributed by atoms with Crippen molar-refractivity contribution in [2.45, 2.75) is 19.0 Å². The molecule has 1 fully saturated rings. The number of nitrogens with zero attached hydrogens (tertiary/aromatic N) is 3. The van der Waals surface area contributed by atoms with E-state index in [0.29, 0.717) is 39.3 Å². The van der Waals surface area contributed by atoms with Crippen molar-refractivity contribution >= 4 is 5.91 Å². The van der Waals surface area contributed by atoms with Crippen molar-refractivity contribution < 1.29 is 9.53 Å². The standard InChI is InChI=1S/C18H24N4O2/c23-18(22-10-12-24-13-11-22)6-7-20-17(14-21-9-8-19-15-21)16-4-2-1-3-5-16/h1-5,8-9,15,17,20H,6-7,10-14H2. The highest BCUT2D eigenvalue weighted by molar-refractivity contribution is 5.76. The molecule has 2 aromatic rings. The highest BCUT2D eigenvalue weighted by atomic mass is 16.5. The summed E-state index contributed by atoms with van der Waals surface area (Å²) in [6, 6.07) is 10.5. The molecule has 1 saturated heterocycles. The summed E-state index contributed by atoms with van der Waals surface area (Å²) in [4.78, 5) is 18.2. The second-order valence-corrected chi connectivity index (χ2v) is 5.92. The quantitative estimate of drug-likeness (QED) is 0.836. The molecule has 0 radical (unpaired) electrons. The molecule has 1 atom stereocenters. The van der Waals surface area contributed by atoms with Crippen LogP contribution in [0.5, 0.6) is 0 Å². The summed E-state index contributed by atoms with van der Waals surface area (Å²) >= 11 is 0. The lowest BCUT2D eigenvalue weighted by molar-refractivity contribution is -0.135. The van der Waals surface area contributed by atoms with Gasteiger partial charge in [-0.05, 0) is 5.56 Å². The normalized spacial score (nSPS) is 16.1. The fourth-order valence-electron chi connectivity index (χ4n) is 2.90. The molecule has 0 aliphatic carbocycles. The minimum absolute atomic E-state index is 0.151. The number of ether oxygens (including phenoxy) is 1. The Labute approximate surface area is 142 Å². The van der Waals surface area contributed by atoms with Crippen molar-refractivity contribution in [3.8, 4) is 0 Å². The van der Waals surface area contributed by atoms with E-state index in [-0.39, 0.29) is 11.9 Å². The monoisotopic (exact) mass is 328 g/mol. The van der Waals surface area contributed by atoms with Gasteiger partial charge in [0.25, 0.3) is 0 Å². The van der Waals surface area contributed by atoms with Gasteiger partial charge in [-0.15, -0.1) is 0 Å². The van der Waals surface area contributed by atoms with E-state index in [4.69, 9.17) is 4.74 Å². The van der Waals surface area contributed by atoms with Gasteiger partial charge >= 0.3 is 0 Å². The Hall–Kier alpha value is -2.18. The average molecular weight is 328 g/mol. The van der Waals surface area contributed by atoms with Crippen molar-refractivity contribution in [1.82, 2.24) is 19.8 Å². The second-order valence-electron chi connectivity index (χ2n) is 5.92. The Bertz CT molecular complexity index is 609. The fourth-order valence-corrected chi connectivity index (χ4v) is 2.90. The van der Waals surface area contributed by atoms with Gasteiger partial charge in [0.15, 0.2) is 0 Å². The van der Waals surface area contributed by atoms with Crippen molar-refractivity contribution in [3.05, 3.63) is 54.6 Å². The van der Waals surface area contributed by atoms with Crippen LogP contribution in [0.4, 0.5) is 0 Å². The zero-order valence-corrected chi connectivity index (χ0v) is 13.8. The number of amides is 1. The number of imidazole rings is 1. The Balaban J connectivity index is 1.54. The van der Waals surface area contributed by atoms with Crippen LogP contribution in [-0.4, -0.2) is 53.2 Å². The van der Waals surface area contributed by atoms with Crippen LogP contribution in [0.3, 0.4) is 0 Å². The molecular weight excluding hydrogens is 304 g/mol. The number of aromatic nitrogens is 2. The van der Waals surface area contributed by atoms with Crippen molar-refractivity contribution in [2.75, 3.05) is 32.8 Å². The number of rotatable bonds is 7. The summed E-state index contributed by atoms with van der Waals surface area (Å²) < 4.78 is 7.34. The highest BCUT2D eigenvalue weighted by Gasteiger charge is 2.17. The molecule has 1 aliphatic heterocycles. The van der Waals surface area contributed by atoms with Crippen LogP contribution >= 0.6 is 0 Å². The smallest absolute Gasteiger partial charge is 0.224 e. The van der Waals surface area contributed by atoms with Gasteiger partial charge in [0.2, 0.25) is 5.91 Å². The Morgan fingerprint density at radius 3 is 2.75 bits per heavy atom. The number of carbonyl (C=O) groups is 1. The number of nitrogens with one attached hydrogen (secondary N) is 1. The van der Waals surface area contributed by atoms with Gasteiger partial charge < -0.3 is 19.5 Å². The number of benzene rings is 1. The number of hydrogen-bond acceptors (Lipinski definition) is 4. The molecule has 3 rings (SSSR count). The first-order chi connectivity index (χ1) is 11.8. The zero-order chi connectivity index (χ0) is 16.6. The summed E-state index contributed by atoms with van der Waals surface area (Å²) in [5.74, 6) is 0.195. The van der Waals surface area contributed by atoms with E-state index in [0.717, 1.165) is 6.54 Å². The summed E-state index contributed by atoms with van der Waals surface area (Å²) in [5.41, 5.74) is 1.21. The molecule has 0 bridgehead atoms. The maximum atomic E-state index is 12.2. The maximum Gasteiger partial charge on any atom is 0.224 e. The predicted molar refractivity (Wildman–Crippen MR) is 91.4 cm³/mol. The van der Waals surface area contributed by atoms with Crippen molar-refractivity contribution in [3.63, 3.8) is 0 Å². The lowest BCUT2D eigenvalue weighted by atomic mass is 10.1. The third-order valence-electron chi connectivity index (χ3n) is 4.25. The molecule has 6 heteroatoms. The molecule has 1 N–H and O–H groups in total. The van der Waals surface area contributed by atoms with E-state index in [1.54, 1.807) is 6.20 Å². The molecule has 0 saturated carbocycles. The van der Waals surface area contributed by atoms with E-state index < -0.39 is 0 Å². The second kappa shape index (κ2) is 8.61. The van der Waals surface area contributed by atoms with Gasteiger partial charge in [0, 0.05) is 45.0 Å². The SMILES string of the molecule is O=C(CCNC(Cn1ccnc1)c1ccccc1)N1CCOCC1. The third-order valence-corrected chi connectivity index (χ3v) is 4.25. The third kappa shape index (κ3) is 4.66. The van der Waals surface area contributed by atoms with Gasteiger partial charge in [-0.1, -0.05) is 30.3 Å². The van der Waals surface area contributed by atoms with Crippen molar-refractivity contribution in [1.29, 1.82) is 0 Å². The van der Waals surface area contributed by atoms with Gasteiger partial charge in [0.1, 0.15) is 0 Å². The zero-order valence-electron chi connectivity index (χ0n) is 13.8. The number of morpholine rings is 1. The predicted octanol–water partition coefficient (Wildman–Crippen LogP) is 1.46. The number of hydrogen-bond donors (Lipinski definition) is 1. The minimum Gasteiger partial charge on any atom is -0.378 e. The van der Waals surface area contributed by atoms with Crippen LogP contribution in [0, 0.1) is 0 Å². The lowest BCUT2D eigenvalue weighted by Gasteiger charge is -2.27. The first-order valence-corrected chi connectivity index (χ1v) is 8.42. The van der Waals surface area contributed by atoms with Gasteiger partial charge in [-0.3, -0.25) is 4.79 Å². The van der Waals surface area contributed by atoms with Crippen molar-refractivity contribution in [2.24, 2.45) is 0 Å². The summed E-state index contributed by atoms with van der Waals surface area (Å²) in [7, 11) is 0. The van der Waals surface area contributed by atoms with E-state index in [1.165, 1.54) is 5.56 Å². The van der Waals surface area contributed by atoms with Gasteiger partial charge in [-0.2, -0.15) is 0 Å². The largest absolute Gasteiger partial charge is 0.378 e. The van der Waals surface area contributed by atoms with Crippen LogP contribution < -0.4 is 5.32 Å². The van der Waals surface area contributed by atoms with Gasteiger partial charge in [0.05, 0.1) is 25.6 Å². The highest BCUT2D eigenvalue weighted by Crippen LogP contribution is 2.15. The minimum atomic E-state index is 0.151. The first-order valence-electron chi connectivity index (χ1n) is 8.42. The van der Waals surface area contributed by atoms with Crippen LogP contribution in [0.2, 0.25) is 0 Å². The van der Waals surface area contributed by atoms with E-state index in [1.807, 2.05) is 35.6 Å². The van der Waals surface area contributed by atoms with Crippen LogP contribution in [0.1, 0.15) is 18.0 Å². The average Bonchev–Trinajstić information content (AvgIpc) is 3.15. The molecule has 1 unspecified atom stereocenters. The van der Waals surface area contributed by atoms with Crippen LogP contribution in [-0.2, 0) is 16.1 Å². The molecule has 2 heterocycles. The summed E-state index contributed by atoms with van der Waals surface area (Å²) in [5, 5.41) is 3.52. The summed E-state index contributed by atoms with van der Waals surface area (Å²) in [6.45, 7) is 4.14. The summed E-state index contributed by atoms with van der Waals surface area (Å²) in [6.07, 6.45) is 6.06. The Morgan fingerprint density at radius 2 is 2.04 bits per heavy atom. The van der Waals surface area contributed by atoms with E-state index in [2.05, 4.69) is 27.0 Å². The van der Waals surface area contributed by atoms with Crippen LogP contribution in [0.15, 0.2) is 49.1 Å². The molecule has 128 valence electrons. The lowest BCUT2D eigenvalue weighted by Crippen LogP contribution is -2.42. The van der Waals surface area contributed by atoms with Gasteiger partial charge in [-0.25, -0.2) is 4.98 Å². The molecule has 1 aromatic carbocycles. The Kier molecular flexibility index (Phi) is 5.98. The Morgan fingerprint density at radius 1 is 1.25 bits per heavy atom. The fraction of sp³-hybridized carbons (Fsp3) is 0.444. The molecular formula is C18H24N4O2. The first kappa shape index (κ1) is 16.7. The molecule has 6 nitrogen and oxygen atoms in total. The molecule has 1 aliphatic rings. The van der Waals surface area contributed by atoms with E-state index >= 15 is 0 Å².